The van der Waals surface area contributed by atoms with Crippen LogP contribution < -0.4 is 24.8 Å². The zero-order valence-electron chi connectivity index (χ0n) is 19.7. The van der Waals surface area contributed by atoms with Gasteiger partial charge in [0.2, 0.25) is 0 Å². The monoisotopic (exact) mass is 552 g/mol. The first-order valence-electron chi connectivity index (χ1n) is 11.3. The van der Waals surface area contributed by atoms with E-state index in [0.29, 0.717) is 5.92 Å². The molecule has 0 bridgehead atoms. The van der Waals surface area contributed by atoms with E-state index in [1.54, 1.807) is 27.4 Å². The Morgan fingerprint density at radius 3 is 2.12 bits per heavy atom. The maximum absolute atomic E-state index is 3.82. The summed E-state index contributed by atoms with van der Waals surface area (Å²) in [6.45, 7) is 11.9. The predicted octanol–water partition coefficient (Wildman–Crippen LogP) is 1.96. The van der Waals surface area contributed by atoms with Crippen molar-refractivity contribution in [3.05, 3.63) is 95.6 Å². The molecule has 1 fully saturated rings. The number of hydrogen-bond donors (Lipinski definition) is 0. The maximum atomic E-state index is 3.82. The normalized spacial score (nSPS) is 16.9. The molecule has 2 aromatic rings. The SMILES string of the molecule is C=Cc1c[c-]c2c(c1)-c1cc(C=C)ccc1C2.CC1=CC(C)[C-]=C1.[Cl-].[Cl-].[Zr+2]=[C]1CCCCC1. The van der Waals surface area contributed by atoms with Gasteiger partial charge in [-0.05, 0) is 12.0 Å². The second kappa shape index (κ2) is 14.9. The summed E-state index contributed by atoms with van der Waals surface area (Å²) in [6, 6.07) is 14.1. The topological polar surface area (TPSA) is 0 Å². The Balaban J connectivity index is 0.000000285. The van der Waals surface area contributed by atoms with Gasteiger partial charge in [0.25, 0.3) is 0 Å². The first-order valence-corrected chi connectivity index (χ1v) is 12.5. The number of hydrogen-bond acceptors (Lipinski definition) is 0. The first kappa shape index (κ1) is 29.8. The molecule has 2 aromatic carbocycles. The Labute approximate surface area is 228 Å². The van der Waals surface area contributed by atoms with Crippen LogP contribution in [0.15, 0.2) is 61.2 Å². The van der Waals surface area contributed by atoms with Crippen LogP contribution in [0.2, 0.25) is 0 Å². The van der Waals surface area contributed by atoms with E-state index in [-0.39, 0.29) is 24.8 Å². The molecule has 33 heavy (non-hydrogen) atoms. The number of halogens is 2. The van der Waals surface area contributed by atoms with Gasteiger partial charge in [-0.15, -0.1) is 30.7 Å². The molecule has 0 spiro atoms. The molecule has 0 radical (unpaired) electrons. The second-order valence-electron chi connectivity index (χ2n) is 8.50. The van der Waals surface area contributed by atoms with E-state index >= 15 is 0 Å². The molecule has 0 N–H and O–H groups in total. The molecule has 1 atom stereocenters. The summed E-state index contributed by atoms with van der Waals surface area (Å²) in [6.07, 6.45) is 19.4. The quantitative estimate of drug-likeness (QED) is 0.425. The van der Waals surface area contributed by atoms with E-state index in [0.717, 1.165) is 12.0 Å². The molecular weight excluding hydrogens is 522 g/mol. The standard InChI is InChI=1S/C17H13.C7H9.C6H10.2ClH.Zr/c1-3-12-5-7-14-11-15-8-6-13(4-2)10-17(15)16(14)9-12;1-6-3-4-7(2)5-6;1-2-4-6-5-3-1;;;/h3-7,9-10H,1-2,11H2;3,5,7H,1-2H3;1-5H2;2*1H;/q2*-1;;;;+2/p-2. The van der Waals surface area contributed by atoms with Gasteiger partial charge in [0.1, 0.15) is 0 Å². The Morgan fingerprint density at radius 1 is 0.970 bits per heavy atom. The molecule has 0 aromatic heterocycles. The van der Waals surface area contributed by atoms with Crippen molar-refractivity contribution in [3.63, 3.8) is 0 Å². The van der Waals surface area contributed by atoms with E-state index < -0.39 is 0 Å². The fraction of sp³-hybridized carbons (Fsp3) is 0.300. The van der Waals surface area contributed by atoms with Crippen molar-refractivity contribution in [2.75, 3.05) is 0 Å². The molecule has 5 rings (SSSR count). The Morgan fingerprint density at radius 2 is 1.64 bits per heavy atom. The van der Waals surface area contributed by atoms with Crippen LogP contribution in [0, 0.1) is 18.1 Å². The summed E-state index contributed by atoms with van der Waals surface area (Å²) in [7, 11) is 0. The average Bonchev–Trinajstić information content (AvgIpc) is 3.35. The van der Waals surface area contributed by atoms with Gasteiger partial charge in [-0.2, -0.15) is 29.8 Å². The third-order valence-corrected chi connectivity index (χ3v) is 7.08. The van der Waals surface area contributed by atoms with Crippen molar-refractivity contribution >= 4 is 15.4 Å². The third-order valence-electron chi connectivity index (χ3n) is 5.86. The third kappa shape index (κ3) is 8.79. The summed E-state index contributed by atoms with van der Waals surface area (Å²) in [5, 5.41) is 0. The van der Waals surface area contributed by atoms with Crippen molar-refractivity contribution in [2.45, 2.75) is 52.4 Å². The summed E-state index contributed by atoms with van der Waals surface area (Å²) < 4.78 is 1.80. The van der Waals surface area contributed by atoms with Gasteiger partial charge in [-0.25, -0.2) is 11.6 Å². The van der Waals surface area contributed by atoms with Crippen molar-refractivity contribution in [3.8, 4) is 11.1 Å². The van der Waals surface area contributed by atoms with Gasteiger partial charge in [-0.3, -0.25) is 6.08 Å². The first-order chi connectivity index (χ1) is 15.0. The minimum absolute atomic E-state index is 0. The molecule has 3 aliphatic carbocycles. The number of fused-ring (bicyclic) bond motifs is 3. The molecule has 0 amide bonds. The molecule has 3 aliphatic rings. The van der Waals surface area contributed by atoms with Crippen LogP contribution in [0.4, 0.5) is 0 Å². The number of allylic oxidation sites excluding steroid dienone is 4. The van der Waals surface area contributed by atoms with Crippen molar-refractivity contribution in [2.24, 2.45) is 5.92 Å². The van der Waals surface area contributed by atoms with Crippen LogP contribution in [0.3, 0.4) is 0 Å². The summed E-state index contributed by atoms with van der Waals surface area (Å²) in [4.78, 5) is 0. The molecule has 0 nitrogen and oxygen atoms in total. The average molecular weight is 555 g/mol. The van der Waals surface area contributed by atoms with Crippen LogP contribution >= 0.6 is 0 Å². The fourth-order valence-corrected chi connectivity index (χ4v) is 4.97. The van der Waals surface area contributed by atoms with Crippen LogP contribution in [0.1, 0.15) is 68.2 Å². The number of benzene rings is 2. The zero-order valence-corrected chi connectivity index (χ0v) is 23.7. The van der Waals surface area contributed by atoms with Gasteiger partial charge < -0.3 is 24.8 Å². The molecule has 3 heteroatoms. The van der Waals surface area contributed by atoms with Gasteiger partial charge in [0, 0.05) is 0 Å². The fourth-order valence-electron chi connectivity index (χ4n) is 4.10. The second-order valence-corrected chi connectivity index (χ2v) is 10.2. The molecule has 0 heterocycles. The van der Waals surface area contributed by atoms with E-state index in [9.17, 15) is 0 Å². The molecule has 1 unspecified atom stereocenters. The van der Waals surface area contributed by atoms with Crippen LogP contribution in [0.5, 0.6) is 0 Å². The summed E-state index contributed by atoms with van der Waals surface area (Å²) >= 11 is 1.69. The van der Waals surface area contributed by atoms with Crippen molar-refractivity contribution in [1.82, 2.24) is 0 Å². The van der Waals surface area contributed by atoms with Gasteiger partial charge in [-0.1, -0.05) is 54.8 Å². The van der Waals surface area contributed by atoms with Crippen LogP contribution in [0.25, 0.3) is 23.3 Å². The van der Waals surface area contributed by atoms with Crippen molar-refractivity contribution < 1.29 is 49.0 Å². The Kier molecular flexibility index (Phi) is 13.4. The molecule has 172 valence electrons. The summed E-state index contributed by atoms with van der Waals surface area (Å²) in [5.41, 5.74) is 8.90. The van der Waals surface area contributed by atoms with E-state index in [1.807, 2.05) is 24.3 Å². The molecule has 1 saturated carbocycles. The van der Waals surface area contributed by atoms with Crippen LogP contribution in [-0.2, 0) is 30.7 Å². The summed E-state index contributed by atoms with van der Waals surface area (Å²) in [5.74, 6) is 0.556. The van der Waals surface area contributed by atoms with Gasteiger partial charge >= 0.3 is 59.5 Å². The van der Waals surface area contributed by atoms with E-state index in [2.05, 4.69) is 69.5 Å². The van der Waals surface area contributed by atoms with Gasteiger partial charge in [0.05, 0.1) is 0 Å². The molecular formula is C30H32Cl2Zr-2. The van der Waals surface area contributed by atoms with E-state index in [4.69, 9.17) is 0 Å². The van der Waals surface area contributed by atoms with Crippen molar-refractivity contribution in [1.29, 1.82) is 0 Å². The zero-order chi connectivity index (χ0) is 22.2. The molecule has 0 saturated heterocycles. The molecule has 0 aliphatic heterocycles. The van der Waals surface area contributed by atoms with Crippen LogP contribution in [-0.4, -0.2) is 3.21 Å². The number of rotatable bonds is 2. The van der Waals surface area contributed by atoms with Gasteiger partial charge in [0.15, 0.2) is 0 Å². The predicted molar refractivity (Wildman–Crippen MR) is 133 cm³/mol. The minimum atomic E-state index is 0. The van der Waals surface area contributed by atoms with E-state index in [1.165, 1.54) is 65.5 Å². The Hall–Kier alpha value is -1.27. The Bertz CT molecular complexity index is 966.